The number of nitrogens with zero attached hydrogens (tertiary/aromatic N) is 2. The van der Waals surface area contributed by atoms with Crippen LogP contribution in [0, 0.1) is 0 Å². The molecule has 0 bridgehead atoms. The first-order valence-electron chi connectivity index (χ1n) is 17.0. The summed E-state index contributed by atoms with van der Waals surface area (Å²) in [5.74, 6) is 0.854. The summed E-state index contributed by atoms with van der Waals surface area (Å²) < 4.78 is 0. The van der Waals surface area contributed by atoms with E-state index in [1.54, 1.807) is 0 Å². The van der Waals surface area contributed by atoms with Crippen molar-refractivity contribution >= 4 is 33.1 Å². The maximum Gasteiger partial charge on any atom is 0.133 e. The zero-order valence-corrected chi connectivity index (χ0v) is 27.4. The molecule has 0 fully saturated rings. The summed E-state index contributed by atoms with van der Waals surface area (Å²) in [6.45, 7) is 0. The lowest BCUT2D eigenvalue weighted by atomic mass is 9.95. The summed E-state index contributed by atoms with van der Waals surface area (Å²) in [5, 5.41) is 8.53. The van der Waals surface area contributed by atoms with Crippen molar-refractivity contribution in [1.82, 2.24) is 10.3 Å². The molecule has 3 heteroatoms. The van der Waals surface area contributed by atoms with Gasteiger partial charge in [-0.2, -0.15) is 0 Å². The lowest BCUT2D eigenvalue weighted by molar-refractivity contribution is 0.880. The van der Waals surface area contributed by atoms with Crippen LogP contribution in [0.4, 0.5) is 0 Å². The number of fused-ring (bicyclic) bond motifs is 2. The van der Waals surface area contributed by atoms with Crippen molar-refractivity contribution in [2.24, 2.45) is 4.99 Å². The van der Waals surface area contributed by atoms with E-state index in [2.05, 4.69) is 180 Å². The Kier molecular flexibility index (Phi) is 7.56. The minimum Gasteiger partial charge on any atom is -0.340 e. The van der Waals surface area contributed by atoms with Crippen molar-refractivity contribution in [2.75, 3.05) is 0 Å². The van der Waals surface area contributed by atoms with Gasteiger partial charge in [0, 0.05) is 34.6 Å². The van der Waals surface area contributed by atoms with E-state index in [0.29, 0.717) is 0 Å². The summed E-state index contributed by atoms with van der Waals surface area (Å²) in [6, 6.07) is 60.1. The Bertz CT molecular complexity index is 2520. The van der Waals surface area contributed by atoms with Crippen molar-refractivity contribution in [3.63, 3.8) is 0 Å². The van der Waals surface area contributed by atoms with E-state index in [9.17, 15) is 0 Å². The molecule has 0 radical (unpaired) electrons. The van der Waals surface area contributed by atoms with Crippen LogP contribution in [0.5, 0.6) is 0 Å². The molecule has 8 aromatic rings. The highest BCUT2D eigenvalue weighted by Gasteiger charge is 2.20. The van der Waals surface area contributed by atoms with Gasteiger partial charge in [-0.1, -0.05) is 170 Å². The number of amidine groups is 1. The fourth-order valence-corrected chi connectivity index (χ4v) is 6.99. The molecule has 50 heavy (non-hydrogen) atoms. The SMILES string of the molecule is C1=C(c2ccc(-c3cncc4ccccc34)cc2)NC(c2ccc(-c3ccccc3)cc2)=NC1c1ccc(-c2cccc3ccccc23)cc1. The fraction of sp³-hybridized carbons (Fsp3) is 0.0213. The third-order valence-corrected chi connectivity index (χ3v) is 9.64. The van der Waals surface area contributed by atoms with Crippen molar-refractivity contribution < 1.29 is 0 Å². The molecule has 0 aliphatic carbocycles. The number of benzene rings is 7. The van der Waals surface area contributed by atoms with Gasteiger partial charge < -0.3 is 5.32 Å². The molecule has 236 valence electrons. The van der Waals surface area contributed by atoms with Crippen molar-refractivity contribution in [1.29, 1.82) is 0 Å². The molecule has 0 amide bonds. The van der Waals surface area contributed by atoms with Gasteiger partial charge in [0.2, 0.25) is 0 Å². The molecular formula is C47H33N3. The molecule has 1 atom stereocenters. The predicted molar refractivity (Wildman–Crippen MR) is 209 cm³/mol. The number of nitrogens with one attached hydrogen (secondary N) is 1. The molecule has 0 saturated carbocycles. The van der Waals surface area contributed by atoms with Gasteiger partial charge in [-0.05, 0) is 61.2 Å². The smallest absolute Gasteiger partial charge is 0.133 e. The molecule has 1 aliphatic heterocycles. The fourth-order valence-electron chi connectivity index (χ4n) is 6.99. The second kappa shape index (κ2) is 12.8. The highest BCUT2D eigenvalue weighted by Crippen LogP contribution is 2.34. The molecule has 7 aromatic carbocycles. The van der Waals surface area contributed by atoms with Gasteiger partial charge in [-0.3, -0.25) is 9.98 Å². The van der Waals surface area contributed by atoms with Gasteiger partial charge in [-0.15, -0.1) is 0 Å². The quantitative estimate of drug-likeness (QED) is 0.197. The van der Waals surface area contributed by atoms with Gasteiger partial charge in [0.1, 0.15) is 5.84 Å². The Balaban J connectivity index is 1.08. The second-order valence-electron chi connectivity index (χ2n) is 12.7. The standard InChI is InChI=1S/C47H33N3/c1-2-9-32(10-3-1)33-17-27-39(28-18-33)47-49-45(37-23-19-35(20-24-37)42-16-8-13-34-11-4-6-14-41(34)42)29-46(50-47)38-25-21-36(22-26-38)44-31-48-30-40-12-5-7-15-43(40)44/h1-31,45H,(H,49,50). The molecular weight excluding hydrogens is 607 g/mol. The van der Waals surface area contributed by atoms with Crippen molar-refractivity contribution in [3.8, 4) is 33.4 Å². The summed E-state index contributed by atoms with van der Waals surface area (Å²) in [4.78, 5) is 9.79. The Morgan fingerprint density at radius 2 is 0.960 bits per heavy atom. The number of rotatable bonds is 6. The average molecular weight is 640 g/mol. The van der Waals surface area contributed by atoms with Crippen molar-refractivity contribution in [3.05, 3.63) is 205 Å². The first-order chi connectivity index (χ1) is 24.8. The third-order valence-electron chi connectivity index (χ3n) is 9.64. The lowest BCUT2D eigenvalue weighted by Gasteiger charge is -2.24. The van der Waals surface area contributed by atoms with Crippen LogP contribution in [0.1, 0.15) is 22.7 Å². The number of pyridine rings is 1. The molecule has 3 nitrogen and oxygen atoms in total. The molecule has 9 rings (SSSR count). The average Bonchev–Trinajstić information content (AvgIpc) is 3.21. The topological polar surface area (TPSA) is 37.3 Å². The van der Waals surface area contributed by atoms with E-state index in [1.165, 1.54) is 38.4 Å². The molecule has 1 N–H and O–H groups in total. The Hall–Kier alpha value is -6.58. The minimum absolute atomic E-state index is 0.154. The number of aromatic nitrogens is 1. The van der Waals surface area contributed by atoms with E-state index in [0.717, 1.165) is 44.7 Å². The number of aliphatic imine (C=N–C) groups is 1. The van der Waals surface area contributed by atoms with Crippen LogP contribution in [0.25, 0.3) is 60.6 Å². The van der Waals surface area contributed by atoms with E-state index in [4.69, 9.17) is 4.99 Å². The van der Waals surface area contributed by atoms with Gasteiger partial charge in [0.25, 0.3) is 0 Å². The summed E-state index contributed by atoms with van der Waals surface area (Å²) in [5.41, 5.74) is 11.4. The molecule has 1 aliphatic rings. The zero-order valence-electron chi connectivity index (χ0n) is 27.4. The van der Waals surface area contributed by atoms with E-state index < -0.39 is 0 Å². The largest absolute Gasteiger partial charge is 0.340 e. The number of hydrogen-bond acceptors (Lipinski definition) is 3. The van der Waals surface area contributed by atoms with Gasteiger partial charge in [-0.25, -0.2) is 0 Å². The van der Waals surface area contributed by atoms with Gasteiger partial charge in [0.15, 0.2) is 0 Å². The maximum absolute atomic E-state index is 5.27. The first kappa shape index (κ1) is 29.6. The van der Waals surface area contributed by atoms with Crippen LogP contribution in [0.15, 0.2) is 193 Å². The number of hydrogen-bond donors (Lipinski definition) is 1. The van der Waals surface area contributed by atoms with Crippen LogP contribution in [0.2, 0.25) is 0 Å². The zero-order chi connectivity index (χ0) is 33.3. The molecule has 0 spiro atoms. The Morgan fingerprint density at radius 3 is 1.74 bits per heavy atom. The van der Waals surface area contributed by atoms with Crippen LogP contribution < -0.4 is 5.32 Å². The van der Waals surface area contributed by atoms with E-state index in [1.807, 2.05) is 18.5 Å². The summed E-state index contributed by atoms with van der Waals surface area (Å²) >= 11 is 0. The minimum atomic E-state index is -0.154. The van der Waals surface area contributed by atoms with Gasteiger partial charge in [0.05, 0.1) is 6.04 Å². The Labute approximate surface area is 292 Å². The Morgan fingerprint density at radius 1 is 0.400 bits per heavy atom. The van der Waals surface area contributed by atoms with E-state index >= 15 is 0 Å². The molecule has 1 unspecified atom stereocenters. The maximum atomic E-state index is 5.27. The second-order valence-corrected chi connectivity index (χ2v) is 12.7. The highest BCUT2D eigenvalue weighted by molar-refractivity contribution is 6.05. The summed E-state index contributed by atoms with van der Waals surface area (Å²) in [7, 11) is 0. The normalized spacial score (nSPS) is 14.2. The predicted octanol–water partition coefficient (Wildman–Crippen LogP) is 11.5. The molecule has 0 saturated heterocycles. The first-order valence-corrected chi connectivity index (χ1v) is 17.0. The monoisotopic (exact) mass is 639 g/mol. The molecule has 1 aromatic heterocycles. The van der Waals surface area contributed by atoms with Crippen LogP contribution in [0.3, 0.4) is 0 Å². The highest BCUT2D eigenvalue weighted by atomic mass is 15.0. The van der Waals surface area contributed by atoms with E-state index in [-0.39, 0.29) is 6.04 Å². The third kappa shape index (κ3) is 5.65. The summed E-state index contributed by atoms with van der Waals surface area (Å²) in [6.07, 6.45) is 6.12. The lowest BCUT2D eigenvalue weighted by Crippen LogP contribution is -2.27. The van der Waals surface area contributed by atoms with Crippen LogP contribution in [-0.2, 0) is 0 Å². The van der Waals surface area contributed by atoms with Crippen LogP contribution in [-0.4, -0.2) is 10.8 Å². The van der Waals surface area contributed by atoms with Crippen molar-refractivity contribution in [2.45, 2.75) is 6.04 Å². The van der Waals surface area contributed by atoms with Crippen LogP contribution >= 0.6 is 0 Å². The molecule has 2 heterocycles. The van der Waals surface area contributed by atoms with Gasteiger partial charge >= 0.3 is 0 Å².